The van der Waals surface area contributed by atoms with Gasteiger partial charge < -0.3 is 20.8 Å². The van der Waals surface area contributed by atoms with E-state index in [1.54, 1.807) is 24.5 Å². The minimum atomic E-state index is -0.738. The molecule has 7 rings (SSSR count). The van der Waals surface area contributed by atoms with Crippen molar-refractivity contribution in [3.8, 4) is 11.1 Å². The zero-order valence-electron chi connectivity index (χ0n) is 27.6. The van der Waals surface area contributed by atoms with Crippen LogP contribution >= 0.6 is 11.6 Å². The number of carboxylic acid groups (broad SMARTS) is 1. The van der Waals surface area contributed by atoms with Crippen molar-refractivity contribution in [2.24, 2.45) is 5.92 Å². The van der Waals surface area contributed by atoms with Gasteiger partial charge in [-0.1, -0.05) is 41.9 Å². The first-order valence-electron chi connectivity index (χ1n) is 16.7. The Balaban J connectivity index is 1.06. The molecule has 0 radical (unpaired) electrons. The molecular weight excluding hydrogens is 654 g/mol. The number of amides is 1. The maximum Gasteiger partial charge on any atom is 0.307 e. The summed E-state index contributed by atoms with van der Waals surface area (Å²) < 4.78 is 0. The number of hydrogen-bond donors (Lipinski definition) is 4. The van der Waals surface area contributed by atoms with Gasteiger partial charge in [0.05, 0.1) is 22.7 Å². The van der Waals surface area contributed by atoms with Crippen LogP contribution in [0.3, 0.4) is 0 Å². The van der Waals surface area contributed by atoms with Crippen molar-refractivity contribution in [2.45, 2.75) is 39.0 Å². The molecule has 0 spiro atoms. The number of β-amino-alcohol motifs (C(OH)–C–C–N with tert-alkyl or cyclic N) is 1. The number of nitrogens with one attached hydrogen (secondary N) is 2. The van der Waals surface area contributed by atoms with E-state index in [9.17, 15) is 19.8 Å². The first kappa shape index (κ1) is 33.6. The van der Waals surface area contributed by atoms with E-state index in [4.69, 9.17) is 16.6 Å². The second-order valence-corrected chi connectivity index (χ2v) is 13.5. The highest BCUT2D eigenvalue weighted by atomic mass is 35.5. The zero-order chi connectivity index (χ0) is 34.8. The van der Waals surface area contributed by atoms with Crippen LogP contribution in [0.2, 0.25) is 5.02 Å². The van der Waals surface area contributed by atoms with Gasteiger partial charge in [-0.05, 0) is 78.9 Å². The van der Waals surface area contributed by atoms with Gasteiger partial charge >= 0.3 is 5.97 Å². The molecule has 1 amide bonds. The fourth-order valence-corrected chi connectivity index (χ4v) is 7.07. The number of anilines is 3. The lowest BCUT2D eigenvalue weighted by atomic mass is 9.98. The van der Waals surface area contributed by atoms with Gasteiger partial charge in [-0.15, -0.1) is 0 Å². The van der Waals surface area contributed by atoms with Crippen LogP contribution < -0.4 is 10.6 Å². The van der Waals surface area contributed by atoms with Gasteiger partial charge in [-0.2, -0.15) is 0 Å². The summed E-state index contributed by atoms with van der Waals surface area (Å²) in [6, 6.07) is 19.0. The van der Waals surface area contributed by atoms with Gasteiger partial charge in [-0.3, -0.25) is 29.4 Å². The summed E-state index contributed by atoms with van der Waals surface area (Å²) in [6.45, 7) is 6.12. The number of aromatic nitrogens is 3. The van der Waals surface area contributed by atoms with Crippen LogP contribution in [0.15, 0.2) is 79.3 Å². The topological polar surface area (TPSA) is 144 Å². The summed E-state index contributed by atoms with van der Waals surface area (Å²) in [6.07, 6.45) is 6.43. The average molecular weight is 692 g/mol. The fraction of sp³-hybridized carbons (Fsp3) is 0.289. The number of rotatable bonds is 10. The van der Waals surface area contributed by atoms with Crippen molar-refractivity contribution in [1.82, 2.24) is 24.8 Å². The molecule has 2 unspecified atom stereocenters. The van der Waals surface area contributed by atoms with E-state index in [0.29, 0.717) is 49.1 Å². The highest BCUT2D eigenvalue weighted by Crippen LogP contribution is 2.38. The van der Waals surface area contributed by atoms with Crippen LogP contribution in [0.5, 0.6) is 0 Å². The smallest absolute Gasteiger partial charge is 0.307 e. The van der Waals surface area contributed by atoms with Gasteiger partial charge in [0, 0.05) is 68.0 Å². The molecule has 256 valence electrons. The summed E-state index contributed by atoms with van der Waals surface area (Å²) in [5.74, 6) is -0.799. The number of halogens is 1. The second kappa shape index (κ2) is 14.5. The number of fused-ring (bicyclic) bond motifs is 1. The largest absolute Gasteiger partial charge is 0.481 e. The predicted molar refractivity (Wildman–Crippen MR) is 194 cm³/mol. The fourth-order valence-electron chi connectivity index (χ4n) is 6.80. The number of aliphatic carboxylic acids is 1. The molecule has 0 bridgehead atoms. The Morgan fingerprint density at radius 3 is 2.36 bits per heavy atom. The third kappa shape index (κ3) is 7.31. The third-order valence-corrected chi connectivity index (χ3v) is 9.93. The number of likely N-dealkylation sites (tertiary alicyclic amines) is 2. The van der Waals surface area contributed by atoms with E-state index in [2.05, 4.69) is 36.5 Å². The van der Waals surface area contributed by atoms with Gasteiger partial charge in [0.15, 0.2) is 5.82 Å². The molecule has 12 heteroatoms. The molecule has 2 saturated heterocycles. The number of hydrogen-bond acceptors (Lipinski definition) is 9. The molecule has 3 aromatic heterocycles. The van der Waals surface area contributed by atoms with Crippen molar-refractivity contribution in [3.05, 3.63) is 107 Å². The summed E-state index contributed by atoms with van der Waals surface area (Å²) in [5.41, 5.74) is 6.93. The maximum absolute atomic E-state index is 13.2. The summed E-state index contributed by atoms with van der Waals surface area (Å²) in [4.78, 5) is 42.6. The van der Waals surface area contributed by atoms with Crippen molar-refractivity contribution in [3.63, 3.8) is 0 Å². The first-order chi connectivity index (χ1) is 24.2. The molecular formula is C38H38ClN7O4. The Morgan fingerprint density at radius 1 is 0.880 bits per heavy atom. The number of carbonyl (C=O) groups excluding carboxylic acids is 1. The quantitative estimate of drug-likeness (QED) is 0.135. The van der Waals surface area contributed by atoms with Crippen LogP contribution in [0.1, 0.15) is 40.0 Å². The van der Waals surface area contributed by atoms with Gasteiger partial charge in [-0.25, -0.2) is 4.98 Å². The monoisotopic (exact) mass is 691 g/mol. The van der Waals surface area contributed by atoms with Crippen molar-refractivity contribution >= 4 is 51.6 Å². The molecule has 0 aliphatic carbocycles. The van der Waals surface area contributed by atoms with E-state index < -0.39 is 5.97 Å². The zero-order valence-corrected chi connectivity index (χ0v) is 28.4. The Labute approximate surface area is 295 Å². The van der Waals surface area contributed by atoms with E-state index in [1.165, 1.54) is 0 Å². The minimum Gasteiger partial charge on any atom is -0.481 e. The summed E-state index contributed by atoms with van der Waals surface area (Å²) in [5, 5.41) is 26.9. The van der Waals surface area contributed by atoms with Gasteiger partial charge in [0.25, 0.3) is 5.91 Å². The number of carboxylic acids is 1. The minimum absolute atomic E-state index is 0.283. The maximum atomic E-state index is 13.2. The van der Waals surface area contributed by atoms with Crippen LogP contribution in [0.25, 0.3) is 22.0 Å². The lowest BCUT2D eigenvalue weighted by Gasteiger charge is -2.17. The van der Waals surface area contributed by atoms with Crippen molar-refractivity contribution < 1.29 is 19.8 Å². The molecule has 2 atom stereocenters. The number of aliphatic hydroxyl groups excluding tert-OH is 1. The molecule has 2 fully saturated rings. The highest BCUT2D eigenvalue weighted by Gasteiger charge is 2.28. The number of carbonyl (C=O) groups is 2. The molecule has 2 aromatic carbocycles. The molecule has 50 heavy (non-hydrogen) atoms. The Morgan fingerprint density at radius 2 is 1.62 bits per heavy atom. The second-order valence-electron chi connectivity index (χ2n) is 13.1. The van der Waals surface area contributed by atoms with Crippen LogP contribution in [0.4, 0.5) is 17.2 Å². The number of nitrogens with zero attached hydrogens (tertiary/aromatic N) is 5. The molecule has 0 saturated carbocycles. The summed E-state index contributed by atoms with van der Waals surface area (Å²) in [7, 11) is 0. The molecule has 2 aliphatic heterocycles. The number of aliphatic hydroxyl groups is 1. The number of benzene rings is 2. The van der Waals surface area contributed by atoms with Crippen molar-refractivity contribution in [2.75, 3.05) is 36.8 Å². The predicted octanol–water partition coefficient (Wildman–Crippen LogP) is 6.12. The Kier molecular flexibility index (Phi) is 9.73. The highest BCUT2D eigenvalue weighted by molar-refractivity contribution is 6.36. The molecule has 4 N–H and O–H groups in total. The molecule has 5 aromatic rings. The normalized spacial score (nSPS) is 18.1. The van der Waals surface area contributed by atoms with E-state index in [-0.39, 0.29) is 23.6 Å². The average Bonchev–Trinajstić information content (AvgIpc) is 3.76. The van der Waals surface area contributed by atoms with E-state index >= 15 is 0 Å². The molecule has 11 nitrogen and oxygen atoms in total. The van der Waals surface area contributed by atoms with Crippen LogP contribution in [0, 0.1) is 12.8 Å². The third-order valence-electron chi connectivity index (χ3n) is 9.52. The van der Waals surface area contributed by atoms with Crippen LogP contribution in [-0.2, 0) is 17.9 Å². The molecule has 5 heterocycles. The van der Waals surface area contributed by atoms with Gasteiger partial charge in [0.2, 0.25) is 0 Å². The first-order valence-corrected chi connectivity index (χ1v) is 17.1. The molecule has 2 aliphatic rings. The van der Waals surface area contributed by atoms with E-state index in [0.717, 1.165) is 63.9 Å². The van der Waals surface area contributed by atoms with Crippen molar-refractivity contribution in [1.29, 1.82) is 0 Å². The Hall–Kier alpha value is -4.94. The van der Waals surface area contributed by atoms with Crippen LogP contribution in [-0.4, -0.2) is 79.1 Å². The number of pyridine rings is 3. The van der Waals surface area contributed by atoms with E-state index in [1.807, 2.05) is 55.6 Å². The lowest BCUT2D eigenvalue weighted by Crippen LogP contribution is -2.22. The Bertz CT molecular complexity index is 2060. The standard InChI is InChI=1S/C38H38ClN7O4/c1-23-29(30-5-3-7-32(34(30)39)44-37(48)33-9-8-24(17-41-33)19-46-15-12-28(47)22-46)4-2-6-31(23)43-36-35-26(10-13-40-36)16-25(18-42-35)20-45-14-11-27(21-45)38(49)50/h2-10,13,16-18,27-28,47H,11-12,14-15,19-22H2,1H3,(H,40,43)(H,44,48)(H,49,50). The summed E-state index contributed by atoms with van der Waals surface area (Å²) >= 11 is 6.93. The van der Waals surface area contributed by atoms with Gasteiger partial charge in [0.1, 0.15) is 11.2 Å². The SMILES string of the molecule is Cc1c(Nc2nccc3cc(CN4CCC(C(=O)O)C4)cnc23)cccc1-c1cccc(NC(=O)c2ccc(CN3CCC(O)C3)cn2)c1Cl. The lowest BCUT2D eigenvalue weighted by molar-refractivity contribution is -0.141.